The van der Waals surface area contributed by atoms with Crippen LogP contribution in [0.15, 0.2) is 30.4 Å². The fourth-order valence-corrected chi connectivity index (χ4v) is 1.47. The molecule has 0 aliphatic rings. The van der Waals surface area contributed by atoms with Crippen molar-refractivity contribution in [3.63, 3.8) is 0 Å². The van der Waals surface area contributed by atoms with E-state index in [2.05, 4.69) is 11.9 Å². The lowest BCUT2D eigenvalue weighted by Crippen LogP contribution is -2.12. The van der Waals surface area contributed by atoms with Crippen LogP contribution >= 0.6 is 0 Å². The molecule has 0 aliphatic carbocycles. The van der Waals surface area contributed by atoms with E-state index in [0.717, 1.165) is 16.7 Å². The second kappa shape index (κ2) is 5.08. The van der Waals surface area contributed by atoms with E-state index < -0.39 is 0 Å². The Morgan fingerprint density at radius 3 is 2.67 bits per heavy atom. The molecular weight excluding hydrogens is 189 g/mol. The van der Waals surface area contributed by atoms with E-state index in [-0.39, 0.29) is 11.9 Å². The van der Waals surface area contributed by atoms with Crippen molar-refractivity contribution in [2.45, 2.75) is 26.3 Å². The number of rotatable bonds is 4. The van der Waals surface area contributed by atoms with Crippen LogP contribution in [0.3, 0.4) is 0 Å². The summed E-state index contributed by atoms with van der Waals surface area (Å²) in [5.41, 5.74) is 2.67. The van der Waals surface area contributed by atoms with Gasteiger partial charge in [-0.2, -0.15) is 0 Å². The SMILES string of the molecule is C=C(C)Cc1ccc(C(C)NC)cc1F. The lowest BCUT2D eigenvalue weighted by molar-refractivity contribution is 0.597. The third-order valence-corrected chi connectivity index (χ3v) is 2.50. The number of halogens is 1. The van der Waals surface area contributed by atoms with Crippen molar-refractivity contribution in [3.05, 3.63) is 47.3 Å². The monoisotopic (exact) mass is 207 g/mol. The largest absolute Gasteiger partial charge is 0.313 e. The first-order valence-electron chi connectivity index (χ1n) is 5.14. The summed E-state index contributed by atoms with van der Waals surface area (Å²) in [6.45, 7) is 7.70. The third-order valence-electron chi connectivity index (χ3n) is 2.50. The van der Waals surface area contributed by atoms with Crippen molar-refractivity contribution in [2.75, 3.05) is 7.05 Å². The maximum atomic E-state index is 13.6. The Morgan fingerprint density at radius 1 is 1.53 bits per heavy atom. The lowest BCUT2D eigenvalue weighted by atomic mass is 10.0. The van der Waals surface area contributed by atoms with E-state index >= 15 is 0 Å². The minimum atomic E-state index is -0.141. The Morgan fingerprint density at radius 2 is 2.20 bits per heavy atom. The van der Waals surface area contributed by atoms with Gasteiger partial charge < -0.3 is 5.32 Å². The molecule has 0 aliphatic heterocycles. The number of nitrogens with one attached hydrogen (secondary N) is 1. The van der Waals surface area contributed by atoms with Crippen molar-refractivity contribution < 1.29 is 4.39 Å². The second-order valence-electron chi connectivity index (χ2n) is 4.00. The molecule has 0 aromatic heterocycles. The van der Waals surface area contributed by atoms with Crippen LogP contribution in [0.2, 0.25) is 0 Å². The molecule has 15 heavy (non-hydrogen) atoms. The Bertz CT molecular complexity index is 358. The van der Waals surface area contributed by atoms with Gasteiger partial charge in [0.1, 0.15) is 5.82 Å². The van der Waals surface area contributed by atoms with Gasteiger partial charge in [-0.3, -0.25) is 0 Å². The summed E-state index contributed by atoms with van der Waals surface area (Å²) in [6.07, 6.45) is 0.611. The van der Waals surface area contributed by atoms with Crippen LogP contribution in [-0.4, -0.2) is 7.05 Å². The summed E-state index contributed by atoms with van der Waals surface area (Å²) >= 11 is 0. The highest BCUT2D eigenvalue weighted by Gasteiger charge is 2.07. The molecule has 0 heterocycles. The first kappa shape index (κ1) is 11.9. The molecule has 1 N–H and O–H groups in total. The summed E-state index contributed by atoms with van der Waals surface area (Å²) in [7, 11) is 1.87. The van der Waals surface area contributed by atoms with Gasteiger partial charge in [-0.05, 0) is 44.5 Å². The fraction of sp³-hybridized carbons (Fsp3) is 0.385. The van der Waals surface area contributed by atoms with E-state index in [0.29, 0.717) is 6.42 Å². The molecule has 0 saturated heterocycles. The van der Waals surface area contributed by atoms with Gasteiger partial charge in [0, 0.05) is 6.04 Å². The van der Waals surface area contributed by atoms with Gasteiger partial charge in [0.2, 0.25) is 0 Å². The highest BCUT2D eigenvalue weighted by Crippen LogP contribution is 2.18. The second-order valence-corrected chi connectivity index (χ2v) is 4.00. The minimum Gasteiger partial charge on any atom is -0.313 e. The smallest absolute Gasteiger partial charge is 0.127 e. The zero-order valence-electron chi connectivity index (χ0n) is 9.60. The number of hydrogen-bond acceptors (Lipinski definition) is 1. The Hall–Kier alpha value is -1.15. The predicted octanol–water partition coefficient (Wildman–Crippen LogP) is 3.22. The highest BCUT2D eigenvalue weighted by atomic mass is 19.1. The van der Waals surface area contributed by atoms with Gasteiger partial charge in [0.05, 0.1) is 0 Å². The quantitative estimate of drug-likeness (QED) is 0.747. The van der Waals surface area contributed by atoms with Crippen LogP contribution in [0.5, 0.6) is 0 Å². The fourth-order valence-electron chi connectivity index (χ4n) is 1.47. The maximum Gasteiger partial charge on any atom is 0.127 e. The van der Waals surface area contributed by atoms with Crippen LogP contribution in [0.25, 0.3) is 0 Å². The van der Waals surface area contributed by atoms with E-state index in [1.807, 2.05) is 33.0 Å². The maximum absolute atomic E-state index is 13.6. The summed E-state index contributed by atoms with van der Waals surface area (Å²) in [4.78, 5) is 0. The molecule has 0 fully saturated rings. The lowest BCUT2D eigenvalue weighted by Gasteiger charge is -2.12. The van der Waals surface area contributed by atoms with E-state index in [1.165, 1.54) is 0 Å². The van der Waals surface area contributed by atoms with Crippen LogP contribution < -0.4 is 5.32 Å². The van der Waals surface area contributed by atoms with Gasteiger partial charge >= 0.3 is 0 Å². The van der Waals surface area contributed by atoms with Crippen LogP contribution in [0.4, 0.5) is 4.39 Å². The van der Waals surface area contributed by atoms with Crippen LogP contribution in [0, 0.1) is 5.82 Å². The molecule has 1 atom stereocenters. The van der Waals surface area contributed by atoms with E-state index in [4.69, 9.17) is 0 Å². The molecule has 0 bridgehead atoms. The standard InChI is InChI=1S/C13H18FN/c1-9(2)7-12-6-5-11(8-13(12)14)10(3)15-4/h5-6,8,10,15H,1,7H2,2-4H3. The zero-order chi connectivity index (χ0) is 11.4. The van der Waals surface area contributed by atoms with Gasteiger partial charge in [0.25, 0.3) is 0 Å². The molecule has 0 spiro atoms. The molecule has 82 valence electrons. The van der Waals surface area contributed by atoms with Crippen LogP contribution in [-0.2, 0) is 6.42 Å². The van der Waals surface area contributed by atoms with Crippen molar-refractivity contribution in [3.8, 4) is 0 Å². The molecule has 0 radical (unpaired) electrons. The topological polar surface area (TPSA) is 12.0 Å². The molecule has 1 unspecified atom stereocenters. The zero-order valence-corrected chi connectivity index (χ0v) is 9.60. The molecular formula is C13H18FN. The van der Waals surface area contributed by atoms with Crippen molar-refractivity contribution >= 4 is 0 Å². The average molecular weight is 207 g/mol. The predicted molar refractivity (Wildman–Crippen MR) is 62.4 cm³/mol. The molecule has 1 aromatic rings. The molecule has 1 aromatic carbocycles. The van der Waals surface area contributed by atoms with E-state index in [9.17, 15) is 4.39 Å². The van der Waals surface area contributed by atoms with Gasteiger partial charge in [-0.25, -0.2) is 4.39 Å². The number of hydrogen-bond donors (Lipinski definition) is 1. The normalized spacial score (nSPS) is 12.5. The number of benzene rings is 1. The Kier molecular flexibility index (Phi) is 4.04. The van der Waals surface area contributed by atoms with Gasteiger partial charge in [-0.1, -0.05) is 24.3 Å². The first-order chi connectivity index (χ1) is 7.04. The molecule has 0 amide bonds. The van der Waals surface area contributed by atoms with Crippen molar-refractivity contribution in [2.24, 2.45) is 0 Å². The summed E-state index contributed by atoms with van der Waals surface area (Å²) in [6, 6.07) is 5.58. The summed E-state index contributed by atoms with van der Waals surface area (Å²) in [5, 5.41) is 3.08. The van der Waals surface area contributed by atoms with Gasteiger partial charge in [-0.15, -0.1) is 0 Å². The van der Waals surface area contributed by atoms with Crippen molar-refractivity contribution in [1.82, 2.24) is 5.32 Å². The summed E-state index contributed by atoms with van der Waals surface area (Å²) in [5.74, 6) is -0.141. The summed E-state index contributed by atoms with van der Waals surface area (Å²) < 4.78 is 13.6. The van der Waals surface area contributed by atoms with Crippen molar-refractivity contribution in [1.29, 1.82) is 0 Å². The van der Waals surface area contributed by atoms with Gasteiger partial charge in [0.15, 0.2) is 0 Å². The van der Waals surface area contributed by atoms with Crippen LogP contribution in [0.1, 0.15) is 31.0 Å². The molecule has 2 heteroatoms. The van der Waals surface area contributed by atoms with E-state index in [1.54, 1.807) is 6.07 Å². The minimum absolute atomic E-state index is 0.141. The average Bonchev–Trinajstić information content (AvgIpc) is 2.19. The molecule has 1 rings (SSSR count). The number of allylic oxidation sites excluding steroid dienone is 1. The first-order valence-corrected chi connectivity index (χ1v) is 5.14. The highest BCUT2D eigenvalue weighted by molar-refractivity contribution is 5.28. The Balaban J connectivity index is 2.92. The third kappa shape index (κ3) is 3.17. The molecule has 1 nitrogen and oxygen atoms in total. The Labute approximate surface area is 91.0 Å². The molecule has 0 saturated carbocycles.